The Kier molecular flexibility index (Phi) is 5.44. The number of pyridine rings is 1. The highest BCUT2D eigenvalue weighted by Crippen LogP contribution is 1.98. The molecule has 7 heteroatoms. The Morgan fingerprint density at radius 1 is 1.42 bits per heavy atom. The Labute approximate surface area is 113 Å². The number of aromatic nitrogens is 1. The van der Waals surface area contributed by atoms with E-state index in [-0.39, 0.29) is 5.91 Å². The number of hydrogen-bond donors (Lipinski definition) is 2. The molecule has 0 aromatic carbocycles. The van der Waals surface area contributed by atoms with Crippen molar-refractivity contribution in [3.8, 4) is 0 Å². The first-order chi connectivity index (χ1) is 8.78. The van der Waals surface area contributed by atoms with Crippen molar-refractivity contribution in [3.05, 3.63) is 29.6 Å². The molecule has 0 radical (unpaired) electrons. The molecule has 19 heavy (non-hydrogen) atoms. The van der Waals surface area contributed by atoms with E-state index < -0.39 is 16.1 Å². The van der Waals surface area contributed by atoms with Gasteiger partial charge in [-0.25, -0.2) is 13.1 Å². The third-order valence-corrected chi connectivity index (χ3v) is 3.19. The lowest BCUT2D eigenvalue weighted by molar-refractivity contribution is -0.122. The molecule has 0 aliphatic carbocycles. The Hall–Kier alpha value is -1.47. The summed E-state index contributed by atoms with van der Waals surface area (Å²) in [5, 5.41) is 2.67. The molecular weight excluding hydrogens is 266 g/mol. The largest absolute Gasteiger partial charge is 0.354 e. The smallest absolute Gasteiger partial charge is 0.237 e. The molecule has 0 unspecified atom stereocenters. The quantitative estimate of drug-likeness (QED) is 0.769. The lowest BCUT2D eigenvalue weighted by Gasteiger charge is -2.12. The van der Waals surface area contributed by atoms with Gasteiger partial charge in [-0.1, -0.05) is 6.07 Å². The van der Waals surface area contributed by atoms with Crippen LogP contribution in [-0.2, 0) is 21.2 Å². The van der Waals surface area contributed by atoms with Crippen LogP contribution in [0.15, 0.2) is 18.2 Å². The average molecular weight is 285 g/mol. The van der Waals surface area contributed by atoms with Crippen molar-refractivity contribution in [1.29, 1.82) is 0 Å². The van der Waals surface area contributed by atoms with Crippen LogP contribution >= 0.6 is 0 Å². The van der Waals surface area contributed by atoms with Crippen molar-refractivity contribution in [2.24, 2.45) is 0 Å². The first-order valence-electron chi connectivity index (χ1n) is 5.95. The van der Waals surface area contributed by atoms with Gasteiger partial charge in [-0.15, -0.1) is 0 Å². The summed E-state index contributed by atoms with van der Waals surface area (Å²) < 4.78 is 24.2. The van der Waals surface area contributed by atoms with E-state index in [9.17, 15) is 13.2 Å². The first-order valence-corrected chi connectivity index (χ1v) is 7.84. The van der Waals surface area contributed by atoms with Gasteiger partial charge in [-0.3, -0.25) is 9.78 Å². The van der Waals surface area contributed by atoms with Gasteiger partial charge < -0.3 is 5.32 Å². The lowest BCUT2D eigenvalue weighted by Crippen LogP contribution is -2.44. The number of carbonyl (C=O) groups excluding carboxylic acids is 1. The van der Waals surface area contributed by atoms with Crippen LogP contribution < -0.4 is 10.0 Å². The van der Waals surface area contributed by atoms with E-state index in [1.54, 1.807) is 0 Å². The van der Waals surface area contributed by atoms with Gasteiger partial charge in [0.1, 0.15) is 0 Å². The molecule has 6 nitrogen and oxygen atoms in total. The van der Waals surface area contributed by atoms with Crippen LogP contribution in [0.3, 0.4) is 0 Å². The third-order valence-electron chi connectivity index (χ3n) is 2.41. The summed E-state index contributed by atoms with van der Waals surface area (Å²) in [6.07, 6.45) is 1.63. The lowest BCUT2D eigenvalue weighted by atomic mass is 10.2. The van der Waals surface area contributed by atoms with Crippen LogP contribution in [0.5, 0.6) is 0 Å². The van der Waals surface area contributed by atoms with Gasteiger partial charge in [0, 0.05) is 24.4 Å². The number of nitrogens with zero attached hydrogens (tertiary/aromatic N) is 1. The van der Waals surface area contributed by atoms with Crippen molar-refractivity contribution >= 4 is 15.9 Å². The van der Waals surface area contributed by atoms with Gasteiger partial charge in [0.2, 0.25) is 15.9 Å². The minimum Gasteiger partial charge on any atom is -0.354 e. The second-order valence-electron chi connectivity index (χ2n) is 4.42. The maximum atomic E-state index is 11.6. The number of amides is 1. The zero-order chi connectivity index (χ0) is 14.5. The van der Waals surface area contributed by atoms with Gasteiger partial charge in [0.25, 0.3) is 0 Å². The molecule has 1 amide bonds. The second-order valence-corrected chi connectivity index (χ2v) is 6.20. The standard InChI is InChI=1S/C12H19N3O3S/c1-9-5-4-6-11(14-9)7-8-13-12(16)10(2)15-19(3,17)18/h4-6,10,15H,7-8H2,1-3H3,(H,13,16)/t10-/m1/s1. The Balaban J connectivity index is 2.39. The summed E-state index contributed by atoms with van der Waals surface area (Å²) in [5.74, 6) is -0.349. The van der Waals surface area contributed by atoms with Gasteiger partial charge in [0.05, 0.1) is 12.3 Å². The molecule has 0 fully saturated rings. The van der Waals surface area contributed by atoms with E-state index in [1.165, 1.54) is 6.92 Å². The summed E-state index contributed by atoms with van der Waals surface area (Å²) in [6, 6.07) is 4.92. The summed E-state index contributed by atoms with van der Waals surface area (Å²) >= 11 is 0. The molecule has 106 valence electrons. The number of nitrogens with one attached hydrogen (secondary N) is 2. The molecule has 1 heterocycles. The third kappa shape index (κ3) is 6.30. The fraction of sp³-hybridized carbons (Fsp3) is 0.500. The van der Waals surface area contributed by atoms with Gasteiger partial charge in [0.15, 0.2) is 0 Å². The SMILES string of the molecule is Cc1cccc(CCNC(=O)[C@@H](C)NS(C)(=O)=O)n1. The van der Waals surface area contributed by atoms with Crippen LogP contribution in [0.1, 0.15) is 18.3 Å². The van der Waals surface area contributed by atoms with Crippen molar-refractivity contribution in [2.75, 3.05) is 12.8 Å². The molecule has 0 saturated carbocycles. The van der Waals surface area contributed by atoms with Gasteiger partial charge >= 0.3 is 0 Å². The van der Waals surface area contributed by atoms with E-state index in [0.29, 0.717) is 13.0 Å². The van der Waals surface area contributed by atoms with E-state index in [1.807, 2.05) is 25.1 Å². The summed E-state index contributed by atoms with van der Waals surface area (Å²) in [4.78, 5) is 15.9. The topological polar surface area (TPSA) is 88.2 Å². The van der Waals surface area contributed by atoms with E-state index in [4.69, 9.17) is 0 Å². The summed E-state index contributed by atoms with van der Waals surface area (Å²) in [6.45, 7) is 3.83. The molecular formula is C12H19N3O3S. The molecule has 0 saturated heterocycles. The minimum absolute atomic E-state index is 0.349. The van der Waals surface area contributed by atoms with Crippen LogP contribution in [0.2, 0.25) is 0 Å². The zero-order valence-electron chi connectivity index (χ0n) is 11.3. The maximum Gasteiger partial charge on any atom is 0.237 e. The zero-order valence-corrected chi connectivity index (χ0v) is 12.1. The molecule has 0 bridgehead atoms. The Bertz CT molecular complexity index is 543. The Morgan fingerprint density at radius 3 is 2.68 bits per heavy atom. The molecule has 0 aliphatic heterocycles. The Morgan fingerprint density at radius 2 is 2.11 bits per heavy atom. The number of aryl methyl sites for hydroxylation is 1. The fourth-order valence-electron chi connectivity index (χ4n) is 1.58. The van der Waals surface area contributed by atoms with Gasteiger partial charge in [-0.2, -0.15) is 0 Å². The number of hydrogen-bond acceptors (Lipinski definition) is 4. The van der Waals surface area contributed by atoms with Crippen molar-refractivity contribution in [2.45, 2.75) is 26.3 Å². The highest BCUT2D eigenvalue weighted by Gasteiger charge is 2.16. The van der Waals surface area contributed by atoms with Crippen LogP contribution in [0.4, 0.5) is 0 Å². The minimum atomic E-state index is -3.37. The fourth-order valence-corrected chi connectivity index (χ4v) is 2.33. The predicted molar refractivity (Wildman–Crippen MR) is 73.1 cm³/mol. The van der Waals surface area contributed by atoms with E-state index >= 15 is 0 Å². The molecule has 1 atom stereocenters. The van der Waals surface area contributed by atoms with Crippen molar-refractivity contribution in [3.63, 3.8) is 0 Å². The van der Waals surface area contributed by atoms with Gasteiger partial charge in [-0.05, 0) is 26.0 Å². The summed E-state index contributed by atoms with van der Waals surface area (Å²) in [5.41, 5.74) is 1.82. The highest BCUT2D eigenvalue weighted by atomic mass is 32.2. The van der Waals surface area contributed by atoms with Crippen molar-refractivity contribution in [1.82, 2.24) is 15.0 Å². The molecule has 0 spiro atoms. The predicted octanol–water partition coefficient (Wildman–Crippen LogP) is -0.0136. The highest BCUT2D eigenvalue weighted by molar-refractivity contribution is 7.88. The molecule has 1 rings (SSSR count). The van der Waals surface area contributed by atoms with Crippen molar-refractivity contribution < 1.29 is 13.2 Å². The molecule has 1 aromatic heterocycles. The monoisotopic (exact) mass is 285 g/mol. The van der Waals surface area contributed by atoms with Crippen LogP contribution in [0.25, 0.3) is 0 Å². The normalized spacial score (nSPS) is 13.0. The number of sulfonamides is 1. The molecule has 0 aliphatic rings. The van der Waals surface area contributed by atoms with E-state index in [0.717, 1.165) is 17.6 Å². The average Bonchev–Trinajstić information content (AvgIpc) is 2.26. The first kappa shape index (κ1) is 15.6. The maximum absolute atomic E-state index is 11.6. The molecule has 2 N–H and O–H groups in total. The van der Waals surface area contributed by atoms with E-state index in [2.05, 4.69) is 15.0 Å². The number of rotatable bonds is 6. The van der Waals surface area contributed by atoms with Crippen LogP contribution in [-0.4, -0.2) is 38.2 Å². The molecule has 1 aromatic rings. The summed E-state index contributed by atoms with van der Waals surface area (Å²) in [7, 11) is -3.37. The number of carbonyl (C=O) groups is 1. The second kappa shape index (κ2) is 6.63. The van der Waals surface area contributed by atoms with Crippen LogP contribution in [0, 0.1) is 6.92 Å².